The Morgan fingerprint density at radius 1 is 1.04 bits per heavy atom. The van der Waals surface area contributed by atoms with Crippen LogP contribution in [0.3, 0.4) is 0 Å². The van der Waals surface area contributed by atoms with Crippen LogP contribution in [0.4, 0.5) is 13.2 Å². The van der Waals surface area contributed by atoms with E-state index in [0.29, 0.717) is 18.3 Å². The van der Waals surface area contributed by atoms with E-state index in [2.05, 4.69) is 6.92 Å². The van der Waals surface area contributed by atoms with Gasteiger partial charge in [0.25, 0.3) is 0 Å². The van der Waals surface area contributed by atoms with Crippen LogP contribution in [-0.2, 0) is 5.60 Å². The SMILES string of the molecule is CCCCC1CCC(C2C=CC(O)(c3cc(F)c(F)c(F)c3)CC2)CC1. The van der Waals surface area contributed by atoms with Crippen molar-refractivity contribution >= 4 is 0 Å². The lowest BCUT2D eigenvalue weighted by atomic mass is 9.69. The first kappa shape index (κ1) is 19.5. The summed E-state index contributed by atoms with van der Waals surface area (Å²) >= 11 is 0. The molecule has 4 heteroatoms. The zero-order valence-corrected chi connectivity index (χ0v) is 15.5. The average Bonchev–Trinajstić information content (AvgIpc) is 2.65. The third-order valence-corrected chi connectivity index (χ3v) is 6.42. The Labute approximate surface area is 154 Å². The Hall–Kier alpha value is -1.29. The molecular formula is C22H29F3O. The van der Waals surface area contributed by atoms with Crippen molar-refractivity contribution in [1.82, 2.24) is 0 Å². The Kier molecular flexibility index (Phi) is 6.11. The molecule has 1 aromatic rings. The maximum atomic E-state index is 13.5. The van der Waals surface area contributed by atoms with Crippen molar-refractivity contribution in [3.63, 3.8) is 0 Å². The van der Waals surface area contributed by atoms with Crippen LogP contribution in [0.1, 0.15) is 70.3 Å². The van der Waals surface area contributed by atoms with E-state index >= 15 is 0 Å². The Morgan fingerprint density at radius 2 is 1.69 bits per heavy atom. The molecule has 1 nitrogen and oxygen atoms in total. The van der Waals surface area contributed by atoms with E-state index in [0.717, 1.165) is 24.5 Å². The quantitative estimate of drug-likeness (QED) is 0.482. The number of unbranched alkanes of at least 4 members (excludes halogenated alkanes) is 1. The molecule has 0 bridgehead atoms. The maximum Gasteiger partial charge on any atom is 0.194 e. The van der Waals surface area contributed by atoms with Gasteiger partial charge in [-0.25, -0.2) is 13.2 Å². The minimum absolute atomic E-state index is 0.0897. The monoisotopic (exact) mass is 366 g/mol. The topological polar surface area (TPSA) is 20.2 Å². The minimum atomic E-state index is -1.49. The van der Waals surface area contributed by atoms with E-state index in [9.17, 15) is 18.3 Å². The lowest BCUT2D eigenvalue weighted by Crippen LogP contribution is -2.31. The van der Waals surface area contributed by atoms with E-state index in [1.54, 1.807) is 6.08 Å². The molecule has 0 amide bonds. The molecule has 2 aliphatic carbocycles. The molecular weight excluding hydrogens is 337 g/mol. The molecule has 1 aromatic carbocycles. The fraction of sp³-hybridized carbons (Fsp3) is 0.636. The highest BCUT2D eigenvalue weighted by atomic mass is 19.2. The van der Waals surface area contributed by atoms with Crippen molar-refractivity contribution in [2.24, 2.45) is 17.8 Å². The molecule has 0 heterocycles. The summed E-state index contributed by atoms with van der Waals surface area (Å²) in [5.41, 5.74) is -1.32. The van der Waals surface area contributed by atoms with Crippen LogP contribution in [0.25, 0.3) is 0 Å². The number of aliphatic hydroxyl groups is 1. The van der Waals surface area contributed by atoms with Crippen molar-refractivity contribution in [1.29, 1.82) is 0 Å². The third kappa shape index (κ3) is 4.16. The van der Waals surface area contributed by atoms with E-state index in [4.69, 9.17) is 0 Å². The van der Waals surface area contributed by atoms with Crippen LogP contribution < -0.4 is 0 Å². The standard InChI is InChI=1S/C22H29F3O/c1-2-3-4-15-5-7-16(8-6-15)17-9-11-22(26,12-10-17)18-13-19(23)21(25)20(24)14-18/h9,11,13-17,26H,2-8,10,12H2,1H3. The number of benzene rings is 1. The van der Waals surface area contributed by atoms with Gasteiger partial charge in [0.2, 0.25) is 0 Å². The molecule has 0 spiro atoms. The summed E-state index contributed by atoms with van der Waals surface area (Å²) in [7, 11) is 0. The Balaban J connectivity index is 1.63. The first-order valence-corrected chi connectivity index (χ1v) is 9.99. The van der Waals surface area contributed by atoms with E-state index in [1.165, 1.54) is 44.9 Å². The van der Waals surface area contributed by atoms with E-state index in [1.807, 2.05) is 6.08 Å². The number of hydrogen-bond donors (Lipinski definition) is 1. The highest BCUT2D eigenvalue weighted by Crippen LogP contribution is 2.43. The van der Waals surface area contributed by atoms with Gasteiger partial charge in [0.1, 0.15) is 5.60 Å². The number of halogens is 3. The molecule has 144 valence electrons. The zero-order chi connectivity index (χ0) is 18.7. The van der Waals surface area contributed by atoms with Gasteiger partial charge >= 0.3 is 0 Å². The second kappa shape index (κ2) is 8.16. The van der Waals surface area contributed by atoms with Gasteiger partial charge in [-0.3, -0.25) is 0 Å². The van der Waals surface area contributed by atoms with Crippen molar-refractivity contribution < 1.29 is 18.3 Å². The third-order valence-electron chi connectivity index (χ3n) is 6.42. The van der Waals surface area contributed by atoms with Gasteiger partial charge in [-0.2, -0.15) is 0 Å². The maximum absolute atomic E-state index is 13.5. The molecule has 2 atom stereocenters. The molecule has 0 radical (unpaired) electrons. The summed E-state index contributed by atoms with van der Waals surface area (Å²) in [4.78, 5) is 0. The van der Waals surface area contributed by atoms with Gasteiger partial charge < -0.3 is 5.11 Å². The fourth-order valence-electron chi connectivity index (χ4n) is 4.69. The molecule has 3 rings (SSSR count). The van der Waals surface area contributed by atoms with Gasteiger partial charge in [0.15, 0.2) is 17.5 Å². The summed E-state index contributed by atoms with van der Waals surface area (Å²) in [5.74, 6) is -2.09. The molecule has 0 aromatic heterocycles. The molecule has 0 saturated heterocycles. The van der Waals surface area contributed by atoms with Gasteiger partial charge in [-0.1, -0.05) is 51.2 Å². The normalized spacial score (nSPS) is 32.0. The molecule has 2 aliphatic rings. The van der Waals surface area contributed by atoms with E-state index < -0.39 is 23.1 Å². The second-order valence-corrected chi connectivity index (χ2v) is 8.16. The number of rotatable bonds is 5. The van der Waals surface area contributed by atoms with Crippen LogP contribution in [0.5, 0.6) is 0 Å². The highest BCUT2D eigenvalue weighted by Gasteiger charge is 2.35. The molecule has 2 unspecified atom stereocenters. The van der Waals surface area contributed by atoms with Crippen LogP contribution in [-0.4, -0.2) is 5.11 Å². The molecule has 0 aliphatic heterocycles. The smallest absolute Gasteiger partial charge is 0.194 e. The summed E-state index contributed by atoms with van der Waals surface area (Å²) < 4.78 is 40.2. The van der Waals surface area contributed by atoms with Crippen LogP contribution in [0.15, 0.2) is 24.3 Å². The van der Waals surface area contributed by atoms with Crippen LogP contribution in [0.2, 0.25) is 0 Å². The lowest BCUT2D eigenvalue weighted by molar-refractivity contribution is 0.0572. The summed E-state index contributed by atoms with van der Waals surface area (Å²) in [6.07, 6.45) is 13.8. The van der Waals surface area contributed by atoms with Gasteiger partial charge in [0, 0.05) is 0 Å². The van der Waals surface area contributed by atoms with Crippen molar-refractivity contribution in [3.8, 4) is 0 Å². The Bertz CT molecular complexity index is 626. The fourth-order valence-corrected chi connectivity index (χ4v) is 4.69. The summed E-state index contributed by atoms with van der Waals surface area (Å²) in [6, 6.07) is 1.81. The number of allylic oxidation sites excluding steroid dienone is 1. The first-order chi connectivity index (χ1) is 12.4. The van der Waals surface area contributed by atoms with Crippen molar-refractivity contribution in [3.05, 3.63) is 47.3 Å². The van der Waals surface area contributed by atoms with Crippen LogP contribution >= 0.6 is 0 Å². The predicted octanol–water partition coefficient (Wildman–Crippen LogP) is 6.25. The Morgan fingerprint density at radius 3 is 2.23 bits per heavy atom. The predicted molar refractivity (Wildman–Crippen MR) is 97.0 cm³/mol. The van der Waals surface area contributed by atoms with Gasteiger partial charge in [0.05, 0.1) is 0 Å². The first-order valence-electron chi connectivity index (χ1n) is 9.99. The van der Waals surface area contributed by atoms with Crippen molar-refractivity contribution in [2.75, 3.05) is 0 Å². The van der Waals surface area contributed by atoms with E-state index in [-0.39, 0.29) is 5.56 Å². The van der Waals surface area contributed by atoms with Gasteiger partial charge in [-0.05, 0) is 61.1 Å². The van der Waals surface area contributed by atoms with Gasteiger partial charge in [-0.15, -0.1) is 0 Å². The molecule has 1 saturated carbocycles. The molecule has 1 N–H and O–H groups in total. The highest BCUT2D eigenvalue weighted by molar-refractivity contribution is 5.31. The largest absolute Gasteiger partial charge is 0.381 e. The second-order valence-electron chi connectivity index (χ2n) is 8.16. The zero-order valence-electron chi connectivity index (χ0n) is 15.5. The number of hydrogen-bond acceptors (Lipinski definition) is 1. The summed E-state index contributed by atoms with van der Waals surface area (Å²) in [5, 5.41) is 10.8. The lowest BCUT2D eigenvalue weighted by Gasteiger charge is -2.37. The van der Waals surface area contributed by atoms with Crippen LogP contribution in [0, 0.1) is 35.2 Å². The van der Waals surface area contributed by atoms with Crippen molar-refractivity contribution in [2.45, 2.75) is 70.3 Å². The average molecular weight is 366 g/mol. The molecule has 1 fully saturated rings. The summed E-state index contributed by atoms with van der Waals surface area (Å²) in [6.45, 7) is 2.23. The minimum Gasteiger partial charge on any atom is -0.381 e. The molecule has 26 heavy (non-hydrogen) atoms.